The number of aromatic nitrogens is 2. The molecule has 132 valence electrons. The molecule has 7 nitrogen and oxygen atoms in total. The van der Waals surface area contributed by atoms with Crippen molar-refractivity contribution in [1.82, 2.24) is 10.2 Å². The van der Waals surface area contributed by atoms with Crippen molar-refractivity contribution in [1.29, 1.82) is 0 Å². The second-order valence-corrected chi connectivity index (χ2v) is 6.05. The number of carbonyl (C=O) groups is 2. The molecular formula is C18H22N4O3. The summed E-state index contributed by atoms with van der Waals surface area (Å²) in [5.41, 5.74) is 2.00. The molecule has 2 aromatic rings. The SMILES string of the molecule is CCCc1cc(NC(=O)c2cccc(NC(=O)[C@@H]3CCCO3)c2)n[nH]1. The number of rotatable bonds is 6. The smallest absolute Gasteiger partial charge is 0.256 e. The highest BCUT2D eigenvalue weighted by Crippen LogP contribution is 2.17. The first kappa shape index (κ1) is 17.2. The van der Waals surface area contributed by atoms with E-state index in [4.69, 9.17) is 4.74 Å². The maximum absolute atomic E-state index is 12.4. The molecule has 1 atom stereocenters. The highest BCUT2D eigenvalue weighted by atomic mass is 16.5. The van der Waals surface area contributed by atoms with E-state index in [1.54, 1.807) is 24.3 Å². The minimum absolute atomic E-state index is 0.174. The van der Waals surface area contributed by atoms with Gasteiger partial charge in [0.2, 0.25) is 0 Å². The van der Waals surface area contributed by atoms with E-state index in [1.165, 1.54) is 0 Å². The van der Waals surface area contributed by atoms with Crippen LogP contribution in [0.2, 0.25) is 0 Å². The average molecular weight is 342 g/mol. The Morgan fingerprint density at radius 2 is 2.20 bits per heavy atom. The molecule has 25 heavy (non-hydrogen) atoms. The summed E-state index contributed by atoms with van der Waals surface area (Å²) in [4.78, 5) is 24.5. The van der Waals surface area contributed by atoms with Crippen molar-refractivity contribution in [2.24, 2.45) is 0 Å². The zero-order valence-corrected chi connectivity index (χ0v) is 14.2. The van der Waals surface area contributed by atoms with Crippen LogP contribution in [0.1, 0.15) is 42.2 Å². The molecule has 2 heterocycles. The van der Waals surface area contributed by atoms with Gasteiger partial charge in [0, 0.05) is 29.6 Å². The van der Waals surface area contributed by atoms with E-state index in [2.05, 4.69) is 27.8 Å². The predicted octanol–water partition coefficient (Wildman–Crippen LogP) is 2.73. The molecule has 1 aliphatic heterocycles. The second-order valence-electron chi connectivity index (χ2n) is 6.05. The van der Waals surface area contributed by atoms with Gasteiger partial charge in [-0.25, -0.2) is 0 Å². The average Bonchev–Trinajstić information content (AvgIpc) is 3.27. The third-order valence-electron chi connectivity index (χ3n) is 4.01. The molecule has 1 aromatic heterocycles. The standard InChI is InChI=1S/C18H22N4O3/c1-2-5-14-11-16(22-21-14)20-17(23)12-6-3-7-13(10-12)19-18(24)15-8-4-9-25-15/h3,6-7,10-11,15H,2,4-5,8-9H2,1H3,(H,19,24)(H2,20,21,22,23)/t15-/m0/s1. The maximum atomic E-state index is 12.4. The van der Waals surface area contributed by atoms with Gasteiger partial charge in [0.1, 0.15) is 6.10 Å². The Bertz CT molecular complexity index is 750. The fraction of sp³-hybridized carbons (Fsp3) is 0.389. The molecule has 0 radical (unpaired) electrons. The van der Waals surface area contributed by atoms with Gasteiger partial charge < -0.3 is 15.4 Å². The van der Waals surface area contributed by atoms with Crippen LogP contribution in [0.4, 0.5) is 11.5 Å². The molecule has 0 spiro atoms. The zero-order valence-electron chi connectivity index (χ0n) is 14.2. The van der Waals surface area contributed by atoms with Crippen LogP contribution in [0.15, 0.2) is 30.3 Å². The van der Waals surface area contributed by atoms with Crippen LogP contribution in [0, 0.1) is 0 Å². The quantitative estimate of drug-likeness (QED) is 0.752. The lowest BCUT2D eigenvalue weighted by Gasteiger charge is -2.11. The Kier molecular flexibility index (Phi) is 5.45. The van der Waals surface area contributed by atoms with Crippen molar-refractivity contribution in [3.05, 3.63) is 41.6 Å². The Morgan fingerprint density at radius 3 is 2.96 bits per heavy atom. The first-order chi connectivity index (χ1) is 12.2. The molecule has 0 bridgehead atoms. The molecule has 7 heteroatoms. The van der Waals surface area contributed by atoms with Crippen LogP contribution < -0.4 is 10.6 Å². The Morgan fingerprint density at radius 1 is 1.32 bits per heavy atom. The summed E-state index contributed by atoms with van der Waals surface area (Å²) in [6.07, 6.45) is 3.10. The van der Waals surface area contributed by atoms with Gasteiger partial charge in [0.15, 0.2) is 5.82 Å². The monoisotopic (exact) mass is 342 g/mol. The van der Waals surface area contributed by atoms with Crippen molar-refractivity contribution in [3.8, 4) is 0 Å². The molecule has 2 amide bonds. The van der Waals surface area contributed by atoms with E-state index in [9.17, 15) is 9.59 Å². The van der Waals surface area contributed by atoms with Crippen LogP contribution in [0.25, 0.3) is 0 Å². The summed E-state index contributed by atoms with van der Waals surface area (Å²) in [6, 6.07) is 8.63. The number of hydrogen-bond donors (Lipinski definition) is 3. The van der Waals surface area contributed by atoms with E-state index in [0.29, 0.717) is 23.7 Å². The lowest BCUT2D eigenvalue weighted by atomic mass is 10.1. The number of anilines is 2. The molecule has 3 rings (SSSR count). The first-order valence-corrected chi connectivity index (χ1v) is 8.54. The summed E-state index contributed by atoms with van der Waals surface area (Å²) in [5.74, 6) is 0.0385. The van der Waals surface area contributed by atoms with Gasteiger partial charge >= 0.3 is 0 Å². The summed E-state index contributed by atoms with van der Waals surface area (Å²) in [6.45, 7) is 2.69. The summed E-state index contributed by atoms with van der Waals surface area (Å²) in [7, 11) is 0. The highest BCUT2D eigenvalue weighted by molar-refractivity contribution is 6.05. The molecular weight excluding hydrogens is 320 g/mol. The van der Waals surface area contributed by atoms with Crippen LogP contribution in [-0.2, 0) is 16.0 Å². The number of ether oxygens (including phenoxy) is 1. The third-order valence-corrected chi connectivity index (χ3v) is 4.01. The second kappa shape index (κ2) is 7.94. The maximum Gasteiger partial charge on any atom is 0.256 e. The van der Waals surface area contributed by atoms with Crippen molar-refractivity contribution in [2.45, 2.75) is 38.7 Å². The normalized spacial score (nSPS) is 16.6. The number of amides is 2. The van der Waals surface area contributed by atoms with E-state index in [1.807, 2.05) is 6.07 Å². The predicted molar refractivity (Wildman–Crippen MR) is 94.6 cm³/mol. The van der Waals surface area contributed by atoms with Gasteiger partial charge in [-0.15, -0.1) is 0 Å². The fourth-order valence-corrected chi connectivity index (χ4v) is 2.76. The Balaban J connectivity index is 1.63. The van der Waals surface area contributed by atoms with Crippen LogP contribution in [0.3, 0.4) is 0 Å². The number of nitrogens with one attached hydrogen (secondary N) is 3. The minimum atomic E-state index is -0.404. The number of aromatic amines is 1. The molecule has 1 aliphatic rings. The summed E-state index contributed by atoms with van der Waals surface area (Å²) in [5, 5.41) is 12.5. The molecule has 1 aromatic carbocycles. The molecule has 1 fully saturated rings. The lowest BCUT2D eigenvalue weighted by Crippen LogP contribution is -2.27. The van der Waals surface area contributed by atoms with E-state index < -0.39 is 6.10 Å². The topological polar surface area (TPSA) is 96.1 Å². The fourth-order valence-electron chi connectivity index (χ4n) is 2.76. The number of benzene rings is 1. The van der Waals surface area contributed by atoms with Gasteiger partial charge in [-0.05, 0) is 37.5 Å². The summed E-state index contributed by atoms with van der Waals surface area (Å²) >= 11 is 0. The van der Waals surface area contributed by atoms with Gasteiger partial charge in [0.25, 0.3) is 11.8 Å². The Labute approximate surface area is 146 Å². The van der Waals surface area contributed by atoms with E-state index in [0.717, 1.165) is 31.4 Å². The third kappa shape index (κ3) is 4.45. The molecule has 1 saturated heterocycles. The highest BCUT2D eigenvalue weighted by Gasteiger charge is 2.23. The number of hydrogen-bond acceptors (Lipinski definition) is 4. The van der Waals surface area contributed by atoms with E-state index in [-0.39, 0.29) is 11.8 Å². The number of aryl methyl sites for hydroxylation is 1. The Hall–Kier alpha value is -2.67. The summed E-state index contributed by atoms with van der Waals surface area (Å²) < 4.78 is 5.36. The van der Waals surface area contributed by atoms with Crippen molar-refractivity contribution in [2.75, 3.05) is 17.2 Å². The number of H-pyrrole nitrogens is 1. The van der Waals surface area contributed by atoms with Crippen LogP contribution >= 0.6 is 0 Å². The largest absolute Gasteiger partial charge is 0.368 e. The van der Waals surface area contributed by atoms with E-state index >= 15 is 0 Å². The van der Waals surface area contributed by atoms with Gasteiger partial charge in [-0.2, -0.15) is 5.10 Å². The number of nitrogens with zero attached hydrogens (tertiary/aromatic N) is 1. The zero-order chi connectivity index (χ0) is 17.6. The van der Waals surface area contributed by atoms with Crippen molar-refractivity contribution >= 4 is 23.3 Å². The minimum Gasteiger partial charge on any atom is -0.368 e. The van der Waals surface area contributed by atoms with Crippen molar-refractivity contribution in [3.63, 3.8) is 0 Å². The van der Waals surface area contributed by atoms with Gasteiger partial charge in [-0.3, -0.25) is 14.7 Å². The van der Waals surface area contributed by atoms with Crippen LogP contribution in [0.5, 0.6) is 0 Å². The van der Waals surface area contributed by atoms with Gasteiger partial charge in [0.05, 0.1) is 0 Å². The molecule has 0 aliphatic carbocycles. The number of carbonyl (C=O) groups excluding carboxylic acids is 2. The lowest BCUT2D eigenvalue weighted by molar-refractivity contribution is -0.124. The van der Waals surface area contributed by atoms with Crippen LogP contribution in [-0.4, -0.2) is 34.7 Å². The first-order valence-electron chi connectivity index (χ1n) is 8.54. The molecule has 0 saturated carbocycles. The van der Waals surface area contributed by atoms with Gasteiger partial charge in [-0.1, -0.05) is 19.4 Å². The molecule has 3 N–H and O–H groups in total. The molecule has 0 unspecified atom stereocenters. The van der Waals surface area contributed by atoms with Crippen molar-refractivity contribution < 1.29 is 14.3 Å².